The summed E-state index contributed by atoms with van der Waals surface area (Å²) >= 11 is 0. The minimum Gasteiger partial charge on any atom is -0.423 e. The number of ether oxygens (including phenoxy) is 1. The van der Waals surface area contributed by atoms with E-state index >= 15 is 0 Å². The second kappa shape index (κ2) is 5.25. The molecule has 0 fully saturated rings. The monoisotopic (exact) mass is 280 g/mol. The van der Waals surface area contributed by atoms with Crippen molar-refractivity contribution in [2.24, 2.45) is 0 Å². The van der Waals surface area contributed by atoms with Crippen LogP contribution in [0.1, 0.15) is 15.9 Å². The van der Waals surface area contributed by atoms with Gasteiger partial charge in [0.05, 0.1) is 0 Å². The van der Waals surface area contributed by atoms with Crippen LogP contribution < -0.4 is 10.4 Å². The molecule has 21 heavy (non-hydrogen) atoms. The minimum absolute atomic E-state index is 0.116. The smallest absolute Gasteiger partial charge is 0.351 e. The van der Waals surface area contributed by atoms with Crippen LogP contribution in [0.2, 0.25) is 0 Å². The maximum Gasteiger partial charge on any atom is 0.351 e. The van der Waals surface area contributed by atoms with Gasteiger partial charge in [0.1, 0.15) is 16.9 Å². The van der Waals surface area contributed by atoms with Gasteiger partial charge in [-0.3, -0.25) is 0 Å². The maximum absolute atomic E-state index is 12.1. The summed E-state index contributed by atoms with van der Waals surface area (Å²) in [7, 11) is 0. The van der Waals surface area contributed by atoms with Crippen molar-refractivity contribution in [3.05, 3.63) is 76.1 Å². The average Bonchev–Trinajstić information content (AvgIpc) is 2.49. The summed E-state index contributed by atoms with van der Waals surface area (Å²) in [5.74, 6) is -0.337. The van der Waals surface area contributed by atoms with Gasteiger partial charge in [-0.1, -0.05) is 35.9 Å². The summed E-state index contributed by atoms with van der Waals surface area (Å²) in [6.45, 7) is 1.93. The van der Waals surface area contributed by atoms with Gasteiger partial charge in [-0.2, -0.15) is 0 Å². The molecule has 4 heteroatoms. The van der Waals surface area contributed by atoms with Crippen LogP contribution in [0.3, 0.4) is 0 Å². The molecule has 0 aliphatic rings. The van der Waals surface area contributed by atoms with Gasteiger partial charge in [0, 0.05) is 5.39 Å². The van der Waals surface area contributed by atoms with Gasteiger partial charge in [-0.25, -0.2) is 9.59 Å². The highest BCUT2D eigenvalue weighted by molar-refractivity contribution is 5.94. The quantitative estimate of drug-likeness (QED) is 0.410. The first-order chi connectivity index (χ1) is 10.1. The summed E-state index contributed by atoms with van der Waals surface area (Å²) in [6, 6.07) is 15.5. The number of rotatable bonds is 2. The SMILES string of the molecule is Cc1ccc(OC(=O)c2cc3ccccc3oc2=O)cc1. The van der Waals surface area contributed by atoms with Crippen LogP contribution >= 0.6 is 0 Å². The number of esters is 1. The average molecular weight is 280 g/mol. The third-order valence-electron chi connectivity index (χ3n) is 3.09. The van der Waals surface area contributed by atoms with E-state index in [0.29, 0.717) is 16.7 Å². The van der Waals surface area contributed by atoms with Gasteiger partial charge in [0.15, 0.2) is 0 Å². The highest BCUT2D eigenvalue weighted by Gasteiger charge is 2.15. The molecule has 0 amide bonds. The van der Waals surface area contributed by atoms with Crippen LogP contribution in [0.5, 0.6) is 5.75 Å². The molecule has 0 spiro atoms. The predicted molar refractivity (Wildman–Crippen MR) is 78.6 cm³/mol. The summed E-state index contributed by atoms with van der Waals surface area (Å²) in [6.07, 6.45) is 0. The molecule has 0 unspecified atom stereocenters. The molecule has 0 saturated carbocycles. The van der Waals surface area contributed by atoms with Crippen molar-refractivity contribution in [1.82, 2.24) is 0 Å². The molecule has 3 aromatic rings. The number of carbonyl (C=O) groups excluding carboxylic acids is 1. The van der Waals surface area contributed by atoms with Gasteiger partial charge < -0.3 is 9.15 Å². The van der Waals surface area contributed by atoms with E-state index in [0.717, 1.165) is 5.56 Å². The largest absolute Gasteiger partial charge is 0.423 e. The van der Waals surface area contributed by atoms with E-state index in [-0.39, 0.29) is 5.56 Å². The number of hydrogen-bond acceptors (Lipinski definition) is 4. The lowest BCUT2D eigenvalue weighted by Crippen LogP contribution is -2.18. The summed E-state index contributed by atoms with van der Waals surface area (Å²) in [5.41, 5.74) is 0.675. The van der Waals surface area contributed by atoms with Crippen molar-refractivity contribution < 1.29 is 13.9 Å². The normalized spacial score (nSPS) is 10.5. The number of hydrogen-bond donors (Lipinski definition) is 0. The van der Waals surface area contributed by atoms with E-state index in [2.05, 4.69) is 0 Å². The lowest BCUT2D eigenvalue weighted by atomic mass is 10.2. The Morgan fingerprint density at radius 1 is 1.05 bits per heavy atom. The molecule has 2 aromatic carbocycles. The Balaban J connectivity index is 1.95. The Kier molecular flexibility index (Phi) is 3.28. The Morgan fingerprint density at radius 2 is 1.76 bits per heavy atom. The third-order valence-corrected chi connectivity index (χ3v) is 3.09. The molecule has 0 N–H and O–H groups in total. The van der Waals surface area contributed by atoms with E-state index in [1.165, 1.54) is 6.07 Å². The number of carbonyl (C=O) groups is 1. The second-order valence-electron chi connectivity index (χ2n) is 4.69. The number of aryl methyl sites for hydroxylation is 1. The standard InChI is InChI=1S/C17H12O4/c1-11-6-8-13(9-7-11)20-16(18)14-10-12-4-2-3-5-15(12)21-17(14)19/h2-10H,1H3. The number of benzene rings is 2. The van der Waals surface area contributed by atoms with Crippen LogP contribution in [0.25, 0.3) is 11.0 Å². The van der Waals surface area contributed by atoms with Gasteiger partial charge >= 0.3 is 11.6 Å². The zero-order valence-electron chi connectivity index (χ0n) is 11.3. The van der Waals surface area contributed by atoms with Crippen LogP contribution in [0.15, 0.2) is 63.8 Å². The van der Waals surface area contributed by atoms with Crippen molar-refractivity contribution in [2.45, 2.75) is 6.92 Å². The van der Waals surface area contributed by atoms with Crippen LogP contribution in [0.4, 0.5) is 0 Å². The molecular formula is C17H12O4. The fourth-order valence-corrected chi connectivity index (χ4v) is 1.97. The van der Waals surface area contributed by atoms with Gasteiger partial charge in [-0.15, -0.1) is 0 Å². The minimum atomic E-state index is -0.724. The predicted octanol–water partition coefficient (Wildman–Crippen LogP) is 3.32. The summed E-state index contributed by atoms with van der Waals surface area (Å²) in [5, 5.41) is 0.674. The van der Waals surface area contributed by atoms with E-state index in [9.17, 15) is 9.59 Å². The molecule has 0 bridgehead atoms. The van der Waals surface area contributed by atoms with Gasteiger partial charge in [-0.05, 0) is 31.2 Å². The Bertz CT molecular complexity index is 860. The van der Waals surface area contributed by atoms with Crippen LogP contribution in [0, 0.1) is 6.92 Å². The van der Waals surface area contributed by atoms with E-state index < -0.39 is 11.6 Å². The highest BCUT2D eigenvalue weighted by atomic mass is 16.5. The van der Waals surface area contributed by atoms with Crippen molar-refractivity contribution >= 4 is 16.9 Å². The molecular weight excluding hydrogens is 268 g/mol. The molecule has 4 nitrogen and oxygen atoms in total. The molecule has 0 saturated heterocycles. The van der Waals surface area contributed by atoms with Crippen LogP contribution in [-0.2, 0) is 0 Å². The summed E-state index contributed by atoms with van der Waals surface area (Å²) < 4.78 is 10.3. The van der Waals surface area contributed by atoms with Gasteiger partial charge in [0.25, 0.3) is 0 Å². The lowest BCUT2D eigenvalue weighted by Gasteiger charge is -2.04. The molecule has 0 aliphatic heterocycles. The molecule has 0 atom stereocenters. The maximum atomic E-state index is 12.1. The third kappa shape index (κ3) is 2.69. The first-order valence-corrected chi connectivity index (χ1v) is 6.45. The Morgan fingerprint density at radius 3 is 2.52 bits per heavy atom. The van der Waals surface area contributed by atoms with Crippen molar-refractivity contribution in [3.63, 3.8) is 0 Å². The topological polar surface area (TPSA) is 56.5 Å². The van der Waals surface area contributed by atoms with E-state index in [1.54, 1.807) is 36.4 Å². The Hall–Kier alpha value is -2.88. The highest BCUT2D eigenvalue weighted by Crippen LogP contribution is 2.16. The fourth-order valence-electron chi connectivity index (χ4n) is 1.97. The first-order valence-electron chi connectivity index (χ1n) is 6.45. The lowest BCUT2D eigenvalue weighted by molar-refractivity contribution is 0.0730. The van der Waals surface area contributed by atoms with Gasteiger partial charge in [0.2, 0.25) is 0 Å². The van der Waals surface area contributed by atoms with E-state index in [4.69, 9.17) is 9.15 Å². The van der Waals surface area contributed by atoms with Crippen molar-refractivity contribution in [1.29, 1.82) is 0 Å². The number of para-hydroxylation sites is 1. The van der Waals surface area contributed by atoms with Crippen LogP contribution in [-0.4, -0.2) is 5.97 Å². The zero-order chi connectivity index (χ0) is 14.8. The molecule has 1 heterocycles. The Labute approximate surface area is 120 Å². The molecule has 0 radical (unpaired) electrons. The fraction of sp³-hybridized carbons (Fsp3) is 0.0588. The summed E-state index contributed by atoms with van der Waals surface area (Å²) in [4.78, 5) is 23.9. The van der Waals surface area contributed by atoms with E-state index in [1.807, 2.05) is 19.1 Å². The molecule has 1 aromatic heterocycles. The number of fused-ring (bicyclic) bond motifs is 1. The first kappa shape index (κ1) is 13.1. The molecule has 0 aliphatic carbocycles. The molecule has 3 rings (SSSR count). The van der Waals surface area contributed by atoms with Crippen molar-refractivity contribution in [3.8, 4) is 5.75 Å². The second-order valence-corrected chi connectivity index (χ2v) is 4.69. The molecule has 104 valence electrons. The van der Waals surface area contributed by atoms with Crippen molar-refractivity contribution in [2.75, 3.05) is 0 Å². The zero-order valence-corrected chi connectivity index (χ0v) is 11.3.